The van der Waals surface area contributed by atoms with Crippen LogP contribution in [0.5, 0.6) is 0 Å². The Hall–Kier alpha value is -2.62. The van der Waals surface area contributed by atoms with E-state index in [0.29, 0.717) is 24.6 Å². The molecule has 0 saturated carbocycles. The van der Waals surface area contributed by atoms with E-state index in [4.69, 9.17) is 0 Å². The highest BCUT2D eigenvalue weighted by Crippen LogP contribution is 2.14. The predicted molar refractivity (Wildman–Crippen MR) is 143 cm³/mol. The fraction of sp³-hybridized carbons (Fsp3) is 0.400. The number of nitrogens with one attached hydrogen (secondary N) is 2. The van der Waals surface area contributed by atoms with Crippen LogP contribution in [0.4, 0.5) is 0 Å². The maximum Gasteiger partial charge on any atom is 0.253 e. The van der Waals surface area contributed by atoms with E-state index in [0.717, 1.165) is 42.6 Å². The first-order chi connectivity index (χ1) is 15.5. The van der Waals surface area contributed by atoms with Crippen molar-refractivity contribution in [3.8, 4) is 0 Å². The molecule has 2 aromatic carbocycles. The fourth-order valence-corrected chi connectivity index (χ4v) is 3.66. The molecule has 1 aliphatic rings. The van der Waals surface area contributed by atoms with Gasteiger partial charge < -0.3 is 20.4 Å². The number of likely N-dealkylation sites (tertiary alicyclic amines) is 1. The maximum absolute atomic E-state index is 12.6. The van der Waals surface area contributed by atoms with Gasteiger partial charge in [-0.05, 0) is 54.7 Å². The molecule has 0 unspecified atom stereocenters. The highest BCUT2D eigenvalue weighted by Gasteiger charge is 2.17. The van der Waals surface area contributed by atoms with Gasteiger partial charge in [0.25, 0.3) is 11.8 Å². The highest BCUT2D eigenvalue weighted by molar-refractivity contribution is 14.0. The molecule has 3 rings (SSSR count). The number of carbonyl (C=O) groups is 2. The van der Waals surface area contributed by atoms with Crippen molar-refractivity contribution in [3.63, 3.8) is 0 Å². The summed E-state index contributed by atoms with van der Waals surface area (Å²) in [6.07, 6.45) is 3.40. The summed E-state index contributed by atoms with van der Waals surface area (Å²) in [7, 11) is 5.22. The van der Waals surface area contributed by atoms with E-state index >= 15 is 0 Å². The van der Waals surface area contributed by atoms with Gasteiger partial charge in [-0.2, -0.15) is 0 Å². The van der Waals surface area contributed by atoms with Crippen LogP contribution in [0.2, 0.25) is 0 Å². The number of halogens is 1. The van der Waals surface area contributed by atoms with Crippen LogP contribution in [0.25, 0.3) is 0 Å². The second-order valence-corrected chi connectivity index (χ2v) is 8.23. The predicted octanol–water partition coefficient (Wildman–Crippen LogP) is 3.50. The maximum atomic E-state index is 12.6. The average Bonchev–Trinajstić information content (AvgIpc) is 2.84. The Bertz CT molecular complexity index is 936. The van der Waals surface area contributed by atoms with Gasteiger partial charge in [0.15, 0.2) is 5.96 Å². The molecule has 2 aromatic rings. The lowest BCUT2D eigenvalue weighted by atomic mass is 10.1. The van der Waals surface area contributed by atoms with Crippen LogP contribution in [-0.2, 0) is 13.1 Å². The van der Waals surface area contributed by atoms with E-state index in [1.807, 2.05) is 53.4 Å². The van der Waals surface area contributed by atoms with Gasteiger partial charge in [-0.3, -0.25) is 14.6 Å². The van der Waals surface area contributed by atoms with Gasteiger partial charge in [-0.1, -0.05) is 24.3 Å². The summed E-state index contributed by atoms with van der Waals surface area (Å²) < 4.78 is 0. The van der Waals surface area contributed by atoms with Crippen LogP contribution in [0.15, 0.2) is 53.5 Å². The largest absolute Gasteiger partial charge is 0.352 e. The van der Waals surface area contributed by atoms with Gasteiger partial charge in [0.2, 0.25) is 0 Å². The second-order valence-electron chi connectivity index (χ2n) is 8.23. The zero-order chi connectivity index (χ0) is 22.9. The second kappa shape index (κ2) is 13.2. The van der Waals surface area contributed by atoms with Gasteiger partial charge >= 0.3 is 0 Å². The molecule has 0 radical (unpaired) electrons. The van der Waals surface area contributed by atoms with E-state index in [9.17, 15) is 9.59 Å². The summed E-state index contributed by atoms with van der Waals surface area (Å²) >= 11 is 0. The third-order valence-electron chi connectivity index (χ3n) is 5.59. The average molecular weight is 563 g/mol. The number of hydrogen-bond acceptors (Lipinski definition) is 3. The Kier molecular flexibility index (Phi) is 10.6. The van der Waals surface area contributed by atoms with Gasteiger partial charge in [0.1, 0.15) is 0 Å². The quantitative estimate of drug-likeness (QED) is 0.321. The molecule has 1 fully saturated rings. The van der Waals surface area contributed by atoms with E-state index in [1.54, 1.807) is 26.0 Å². The van der Waals surface area contributed by atoms with Gasteiger partial charge in [0.05, 0.1) is 0 Å². The molecule has 178 valence electrons. The van der Waals surface area contributed by atoms with Crippen molar-refractivity contribution >= 4 is 41.8 Å². The minimum absolute atomic E-state index is 0. The minimum atomic E-state index is -0.00867. The Labute approximate surface area is 213 Å². The van der Waals surface area contributed by atoms with E-state index < -0.39 is 0 Å². The number of guanidine groups is 1. The Morgan fingerprint density at radius 2 is 1.33 bits per heavy atom. The summed E-state index contributed by atoms with van der Waals surface area (Å²) in [6.45, 7) is 2.92. The van der Waals surface area contributed by atoms with Crippen molar-refractivity contribution in [2.45, 2.75) is 32.4 Å². The molecule has 2 N–H and O–H groups in total. The zero-order valence-corrected chi connectivity index (χ0v) is 22.0. The van der Waals surface area contributed by atoms with E-state index in [1.165, 1.54) is 6.42 Å². The molecule has 0 aliphatic carbocycles. The van der Waals surface area contributed by atoms with Crippen molar-refractivity contribution in [1.82, 2.24) is 20.4 Å². The molecular weight excluding hydrogens is 529 g/mol. The van der Waals surface area contributed by atoms with Gasteiger partial charge in [-0.25, -0.2) is 0 Å². The lowest BCUT2D eigenvalue weighted by Gasteiger charge is -2.26. The zero-order valence-electron chi connectivity index (χ0n) is 19.6. The molecule has 8 heteroatoms. The summed E-state index contributed by atoms with van der Waals surface area (Å²) in [5.74, 6) is 0.803. The third-order valence-corrected chi connectivity index (χ3v) is 5.59. The van der Waals surface area contributed by atoms with Crippen molar-refractivity contribution in [1.29, 1.82) is 0 Å². The summed E-state index contributed by atoms with van der Waals surface area (Å²) in [5, 5.41) is 6.58. The summed E-state index contributed by atoms with van der Waals surface area (Å²) in [4.78, 5) is 32.4. The molecule has 7 nitrogen and oxygen atoms in total. The highest BCUT2D eigenvalue weighted by atomic mass is 127. The number of piperidine rings is 1. The van der Waals surface area contributed by atoms with Crippen LogP contribution < -0.4 is 10.6 Å². The van der Waals surface area contributed by atoms with Crippen molar-refractivity contribution in [2.75, 3.05) is 34.2 Å². The number of carbonyl (C=O) groups excluding carboxylic acids is 2. The Balaban J connectivity index is 0.00000385. The number of benzene rings is 2. The smallest absolute Gasteiger partial charge is 0.253 e. The van der Waals surface area contributed by atoms with Crippen LogP contribution in [-0.4, -0.2) is 61.8 Å². The molecule has 2 amide bonds. The topological polar surface area (TPSA) is 77.0 Å². The molecule has 33 heavy (non-hydrogen) atoms. The molecule has 0 bridgehead atoms. The first-order valence-corrected chi connectivity index (χ1v) is 11.1. The SMILES string of the molecule is CN=C(NCc1ccc(C(=O)N(C)C)cc1)NCc1ccc(C(=O)N2CCCCC2)cc1.I. The van der Waals surface area contributed by atoms with Crippen LogP contribution in [0, 0.1) is 0 Å². The van der Waals surface area contributed by atoms with Crippen LogP contribution in [0.1, 0.15) is 51.1 Å². The summed E-state index contributed by atoms with van der Waals surface area (Å²) in [5.41, 5.74) is 3.55. The van der Waals surface area contributed by atoms with Crippen molar-refractivity contribution in [3.05, 3.63) is 70.8 Å². The number of hydrogen-bond donors (Lipinski definition) is 2. The monoisotopic (exact) mass is 563 g/mol. The van der Waals surface area contributed by atoms with Crippen molar-refractivity contribution < 1.29 is 9.59 Å². The molecule has 1 saturated heterocycles. The first-order valence-electron chi connectivity index (χ1n) is 11.1. The van der Waals surface area contributed by atoms with E-state index in [2.05, 4.69) is 15.6 Å². The Morgan fingerprint density at radius 3 is 1.79 bits per heavy atom. The Morgan fingerprint density at radius 1 is 0.848 bits per heavy atom. The number of rotatable bonds is 6. The molecule has 1 heterocycles. The van der Waals surface area contributed by atoms with E-state index in [-0.39, 0.29) is 35.8 Å². The summed E-state index contributed by atoms with van der Waals surface area (Å²) in [6, 6.07) is 15.3. The van der Waals surface area contributed by atoms with Gasteiger partial charge in [-0.15, -0.1) is 24.0 Å². The number of aliphatic imine (C=N–C) groups is 1. The normalized spacial score (nSPS) is 13.7. The van der Waals surface area contributed by atoms with Gasteiger partial charge in [0, 0.05) is 58.4 Å². The van der Waals surface area contributed by atoms with Crippen molar-refractivity contribution in [2.24, 2.45) is 4.99 Å². The molecular formula is C25H34IN5O2. The van der Waals surface area contributed by atoms with Crippen LogP contribution in [0.3, 0.4) is 0 Å². The first kappa shape index (κ1) is 26.6. The molecule has 0 atom stereocenters. The lowest BCUT2D eigenvalue weighted by molar-refractivity contribution is 0.0724. The van der Waals surface area contributed by atoms with Crippen LogP contribution >= 0.6 is 24.0 Å². The third kappa shape index (κ3) is 7.73. The number of amides is 2. The standard InChI is InChI=1S/C25H33N5O2.HI/c1-26-25(27-17-19-7-11-21(12-8-19)23(31)29(2)3)28-18-20-9-13-22(14-10-20)24(32)30-15-5-4-6-16-30;/h7-14H,4-6,15-18H2,1-3H3,(H2,26,27,28);1H. The molecule has 1 aliphatic heterocycles. The molecule has 0 aromatic heterocycles. The lowest BCUT2D eigenvalue weighted by Crippen LogP contribution is -2.36. The minimum Gasteiger partial charge on any atom is -0.352 e. The number of nitrogens with zero attached hydrogens (tertiary/aromatic N) is 3. The molecule has 0 spiro atoms. The fourth-order valence-electron chi connectivity index (χ4n) is 3.66.